The molecule has 1 aromatic heterocycles. The predicted octanol–water partition coefficient (Wildman–Crippen LogP) is 3.72. The van der Waals surface area contributed by atoms with Crippen LogP contribution < -0.4 is 10.6 Å². The molecule has 24 heavy (non-hydrogen) atoms. The lowest BCUT2D eigenvalue weighted by Gasteiger charge is -2.11. The van der Waals surface area contributed by atoms with Crippen molar-refractivity contribution in [1.29, 1.82) is 0 Å². The number of anilines is 2. The molecule has 2 aromatic carbocycles. The maximum atomic E-state index is 13.9. The van der Waals surface area contributed by atoms with E-state index in [1.165, 1.54) is 6.07 Å². The van der Waals surface area contributed by atoms with Crippen molar-refractivity contribution < 1.29 is 7.24 Å². The highest BCUT2D eigenvalue weighted by molar-refractivity contribution is 5.55. The lowest BCUT2D eigenvalue weighted by Crippen LogP contribution is -2.08. The summed E-state index contributed by atoms with van der Waals surface area (Å²) in [6, 6.07) is 14.8. The lowest BCUT2D eigenvalue weighted by molar-refractivity contribution is 0.621. The Morgan fingerprint density at radius 2 is 2.08 bits per heavy atom. The molecule has 0 saturated carbocycles. The van der Waals surface area contributed by atoms with Gasteiger partial charge in [-0.15, -0.1) is 5.10 Å². The monoisotopic (exact) mass is 327 g/mol. The Balaban J connectivity index is 0.00000121. The lowest BCUT2D eigenvalue weighted by atomic mass is 9.98. The van der Waals surface area contributed by atoms with E-state index in [-0.39, 0.29) is 8.67 Å². The predicted molar refractivity (Wildman–Crippen MR) is 95.5 cm³/mol. The fourth-order valence-electron chi connectivity index (χ4n) is 3.01. The topological polar surface area (TPSA) is 54.8 Å². The number of benzene rings is 2. The van der Waals surface area contributed by atoms with Crippen molar-refractivity contribution in [1.82, 2.24) is 20.1 Å². The molecule has 1 aliphatic heterocycles. The molecule has 2 N–H and O–H groups in total. The van der Waals surface area contributed by atoms with Gasteiger partial charge in [-0.3, -0.25) is 0 Å². The highest BCUT2D eigenvalue weighted by atomic mass is 19.1. The molecule has 0 spiro atoms. The second-order valence-electron chi connectivity index (χ2n) is 5.94. The smallest absolute Gasteiger partial charge is 0.246 e. The first-order valence-electron chi connectivity index (χ1n) is 8.03. The van der Waals surface area contributed by atoms with E-state index in [9.17, 15) is 4.39 Å². The van der Waals surface area contributed by atoms with Crippen molar-refractivity contribution in [3.8, 4) is 5.69 Å². The number of rotatable bonds is 4. The van der Waals surface area contributed by atoms with Gasteiger partial charge < -0.3 is 10.6 Å². The Bertz CT molecular complexity index is 835. The first-order valence-corrected chi connectivity index (χ1v) is 8.03. The van der Waals surface area contributed by atoms with Gasteiger partial charge in [0.1, 0.15) is 12.1 Å². The van der Waals surface area contributed by atoms with Crippen molar-refractivity contribution in [3.63, 3.8) is 0 Å². The first-order chi connectivity index (χ1) is 11.8. The second-order valence-corrected chi connectivity index (χ2v) is 5.94. The third-order valence-electron chi connectivity index (χ3n) is 4.22. The van der Waals surface area contributed by atoms with Crippen molar-refractivity contribution in [2.45, 2.75) is 12.3 Å². The summed E-state index contributed by atoms with van der Waals surface area (Å²) in [5.74, 6) is 0.556. The fraction of sp³-hybridized carbons (Fsp3) is 0.222. The van der Waals surface area contributed by atoms with Gasteiger partial charge in [0.25, 0.3) is 0 Å². The van der Waals surface area contributed by atoms with Crippen LogP contribution in [0.1, 0.15) is 20.8 Å². The van der Waals surface area contributed by atoms with Gasteiger partial charge in [0, 0.05) is 15.1 Å². The third-order valence-corrected chi connectivity index (χ3v) is 4.22. The summed E-state index contributed by atoms with van der Waals surface area (Å²) in [4.78, 5) is 4.25. The van der Waals surface area contributed by atoms with Crippen molar-refractivity contribution in [3.05, 3.63) is 66.2 Å². The molecule has 1 saturated heterocycles. The fourth-order valence-corrected chi connectivity index (χ4v) is 3.01. The minimum atomic E-state index is -0.246. The SMILES string of the molecule is Fc1cc(Nc2ncn(-c3ccccc3)n2)cc(C2CCNC2)c1.[HH].[HH]. The van der Waals surface area contributed by atoms with Crippen LogP contribution in [0.2, 0.25) is 0 Å². The van der Waals surface area contributed by atoms with E-state index in [0.29, 0.717) is 17.6 Å². The third kappa shape index (κ3) is 3.14. The molecule has 0 radical (unpaired) electrons. The van der Waals surface area contributed by atoms with E-state index in [4.69, 9.17) is 0 Å². The summed E-state index contributed by atoms with van der Waals surface area (Å²) in [6.07, 6.45) is 2.67. The van der Waals surface area contributed by atoms with E-state index < -0.39 is 0 Å². The molecule has 4 rings (SSSR count). The van der Waals surface area contributed by atoms with Gasteiger partial charge in [0.2, 0.25) is 5.95 Å². The van der Waals surface area contributed by atoms with Gasteiger partial charge in [-0.25, -0.2) is 9.07 Å². The molecule has 5 nitrogen and oxygen atoms in total. The van der Waals surface area contributed by atoms with Gasteiger partial charge in [0.05, 0.1) is 5.69 Å². The summed E-state index contributed by atoms with van der Waals surface area (Å²) in [7, 11) is 0. The summed E-state index contributed by atoms with van der Waals surface area (Å²) >= 11 is 0. The normalized spacial score (nSPS) is 17.1. The number of halogens is 1. The first kappa shape index (κ1) is 14.8. The average molecular weight is 327 g/mol. The summed E-state index contributed by atoms with van der Waals surface area (Å²) in [5, 5.41) is 10.8. The highest BCUT2D eigenvalue weighted by Gasteiger charge is 2.18. The van der Waals surface area contributed by atoms with Gasteiger partial charge in [0.15, 0.2) is 0 Å². The van der Waals surface area contributed by atoms with Crippen LogP contribution >= 0.6 is 0 Å². The molecule has 1 unspecified atom stereocenters. The largest absolute Gasteiger partial charge is 0.323 e. The zero-order valence-electron chi connectivity index (χ0n) is 13.1. The molecule has 0 bridgehead atoms. The Labute approximate surface area is 142 Å². The number of para-hydroxylation sites is 1. The molecule has 1 fully saturated rings. The number of aromatic nitrogens is 3. The van der Waals surface area contributed by atoms with Gasteiger partial charge in [-0.05, 0) is 54.8 Å². The number of hydrogen-bond acceptors (Lipinski definition) is 4. The van der Waals surface area contributed by atoms with E-state index in [0.717, 1.165) is 30.8 Å². The zero-order valence-corrected chi connectivity index (χ0v) is 13.1. The maximum absolute atomic E-state index is 13.9. The Kier molecular flexibility index (Phi) is 3.96. The summed E-state index contributed by atoms with van der Waals surface area (Å²) in [6.45, 7) is 1.87. The minimum Gasteiger partial charge on any atom is -0.323 e. The van der Waals surface area contributed by atoms with E-state index in [1.807, 2.05) is 36.4 Å². The van der Waals surface area contributed by atoms with Crippen molar-refractivity contribution in [2.75, 3.05) is 18.4 Å². The van der Waals surface area contributed by atoms with Crippen LogP contribution in [-0.2, 0) is 0 Å². The Hall–Kier alpha value is -2.73. The standard InChI is InChI=1S/C18H18FN5.2H2/c19-15-8-14(13-6-7-20-11-13)9-16(10-15)22-18-21-12-24(23-18)17-4-2-1-3-5-17;;/h1-5,8-10,12-13,20H,6-7,11H2,(H,22,23);2*1H. The van der Waals surface area contributed by atoms with E-state index in [2.05, 4.69) is 20.7 Å². The van der Waals surface area contributed by atoms with Gasteiger partial charge in [-0.1, -0.05) is 18.2 Å². The van der Waals surface area contributed by atoms with Crippen LogP contribution in [0.25, 0.3) is 5.69 Å². The van der Waals surface area contributed by atoms with Crippen molar-refractivity contribution >= 4 is 11.6 Å². The Morgan fingerprint density at radius 1 is 1.21 bits per heavy atom. The number of nitrogens with zero attached hydrogens (tertiary/aromatic N) is 3. The molecule has 1 atom stereocenters. The maximum Gasteiger partial charge on any atom is 0.246 e. The summed E-state index contributed by atoms with van der Waals surface area (Å²) < 4.78 is 15.6. The van der Waals surface area contributed by atoms with Crippen LogP contribution in [0.3, 0.4) is 0 Å². The Morgan fingerprint density at radius 3 is 2.88 bits per heavy atom. The highest BCUT2D eigenvalue weighted by Crippen LogP contribution is 2.27. The van der Waals surface area contributed by atoms with Crippen molar-refractivity contribution in [2.24, 2.45) is 0 Å². The minimum absolute atomic E-state index is 0. The van der Waals surface area contributed by atoms with Gasteiger partial charge in [-0.2, -0.15) is 4.98 Å². The van der Waals surface area contributed by atoms with Crippen LogP contribution in [-0.4, -0.2) is 27.9 Å². The van der Waals surface area contributed by atoms with E-state index >= 15 is 0 Å². The molecule has 3 aromatic rings. The molecule has 126 valence electrons. The van der Waals surface area contributed by atoms with Crippen LogP contribution in [0, 0.1) is 5.82 Å². The molecule has 0 aliphatic carbocycles. The second kappa shape index (κ2) is 6.41. The van der Waals surface area contributed by atoms with Crippen LogP contribution in [0.5, 0.6) is 0 Å². The average Bonchev–Trinajstić information content (AvgIpc) is 3.27. The van der Waals surface area contributed by atoms with Gasteiger partial charge >= 0.3 is 0 Å². The quantitative estimate of drug-likeness (QED) is 0.767. The van der Waals surface area contributed by atoms with E-state index in [1.54, 1.807) is 17.1 Å². The molecular formula is C18H22FN5. The molecule has 1 aliphatic rings. The molecular weight excluding hydrogens is 305 g/mol. The molecule has 0 amide bonds. The number of hydrogen-bond donors (Lipinski definition) is 2. The van der Waals surface area contributed by atoms with Crippen LogP contribution in [0.15, 0.2) is 54.9 Å². The number of nitrogens with one attached hydrogen (secondary N) is 2. The summed E-state index contributed by atoms with van der Waals surface area (Å²) in [5.41, 5.74) is 2.60. The van der Waals surface area contributed by atoms with Crippen LogP contribution in [0.4, 0.5) is 16.0 Å². The molecule has 2 heterocycles. The molecule has 6 heteroatoms. The zero-order chi connectivity index (χ0) is 16.4.